The highest BCUT2D eigenvalue weighted by molar-refractivity contribution is 5.58. The molecule has 0 saturated heterocycles. The van der Waals surface area contributed by atoms with Crippen LogP contribution in [0.3, 0.4) is 0 Å². The summed E-state index contributed by atoms with van der Waals surface area (Å²) < 4.78 is 4.90. The molecule has 0 aliphatic rings. The van der Waals surface area contributed by atoms with Gasteiger partial charge in [0.25, 0.3) is 5.69 Å². The standard InChI is InChI=1S/C10H8N2O3/c1-15-10-6-8(3-2-4-11)5-9(7-10)12(13)14/h2-3,5-7H,1H3. The number of nitrogens with zero attached hydrogens (tertiary/aromatic N) is 2. The number of non-ortho nitro benzene ring substituents is 1. The summed E-state index contributed by atoms with van der Waals surface area (Å²) in [4.78, 5) is 10.0. The predicted octanol–water partition coefficient (Wildman–Crippen LogP) is 2.14. The van der Waals surface area contributed by atoms with Gasteiger partial charge in [0.2, 0.25) is 0 Å². The fraction of sp³-hybridized carbons (Fsp3) is 0.100. The average Bonchev–Trinajstić information content (AvgIpc) is 2.25. The van der Waals surface area contributed by atoms with Crippen molar-refractivity contribution in [3.8, 4) is 11.8 Å². The summed E-state index contributed by atoms with van der Waals surface area (Å²) >= 11 is 0. The fourth-order valence-electron chi connectivity index (χ4n) is 1.06. The molecular weight excluding hydrogens is 196 g/mol. The molecule has 1 aromatic carbocycles. The first-order valence-electron chi connectivity index (χ1n) is 4.07. The molecule has 0 spiro atoms. The van der Waals surface area contributed by atoms with Crippen molar-refractivity contribution < 1.29 is 9.66 Å². The maximum Gasteiger partial charge on any atom is 0.273 e. The first-order valence-corrected chi connectivity index (χ1v) is 4.07. The van der Waals surface area contributed by atoms with Crippen molar-refractivity contribution in [2.45, 2.75) is 0 Å². The Balaban J connectivity index is 3.18. The van der Waals surface area contributed by atoms with Gasteiger partial charge in [0, 0.05) is 12.1 Å². The van der Waals surface area contributed by atoms with Gasteiger partial charge in [0.15, 0.2) is 0 Å². The van der Waals surface area contributed by atoms with Crippen LogP contribution in [0, 0.1) is 21.4 Å². The zero-order valence-corrected chi connectivity index (χ0v) is 8.01. The third kappa shape index (κ3) is 2.81. The van der Waals surface area contributed by atoms with E-state index in [1.165, 1.54) is 31.4 Å². The maximum atomic E-state index is 10.6. The van der Waals surface area contributed by atoms with E-state index in [9.17, 15) is 10.1 Å². The molecule has 0 unspecified atom stereocenters. The van der Waals surface area contributed by atoms with Crippen LogP contribution in [0.4, 0.5) is 5.69 Å². The van der Waals surface area contributed by atoms with E-state index in [1.807, 2.05) is 6.07 Å². The SMILES string of the molecule is COc1cc(C=CC#N)cc([N+](=O)[O-])c1. The van der Waals surface area contributed by atoms with Crippen LogP contribution in [0.15, 0.2) is 24.3 Å². The number of ether oxygens (including phenoxy) is 1. The summed E-state index contributed by atoms with van der Waals surface area (Å²) in [5, 5.41) is 18.9. The molecule has 0 saturated carbocycles. The van der Waals surface area contributed by atoms with Gasteiger partial charge >= 0.3 is 0 Å². The molecule has 0 heterocycles. The lowest BCUT2D eigenvalue weighted by atomic mass is 10.2. The zero-order valence-electron chi connectivity index (χ0n) is 8.01. The zero-order chi connectivity index (χ0) is 11.3. The summed E-state index contributed by atoms with van der Waals surface area (Å²) in [6.45, 7) is 0. The number of methoxy groups -OCH3 is 1. The molecule has 1 rings (SSSR count). The van der Waals surface area contributed by atoms with Crippen molar-refractivity contribution >= 4 is 11.8 Å². The van der Waals surface area contributed by atoms with E-state index in [1.54, 1.807) is 6.07 Å². The third-order valence-electron chi connectivity index (χ3n) is 1.71. The summed E-state index contributed by atoms with van der Waals surface area (Å²) in [6, 6.07) is 6.12. The fourth-order valence-corrected chi connectivity index (χ4v) is 1.06. The minimum absolute atomic E-state index is 0.0630. The van der Waals surface area contributed by atoms with E-state index < -0.39 is 4.92 Å². The van der Waals surface area contributed by atoms with Crippen LogP contribution in [0.1, 0.15) is 5.56 Å². The van der Waals surface area contributed by atoms with E-state index >= 15 is 0 Å². The molecule has 5 nitrogen and oxygen atoms in total. The van der Waals surface area contributed by atoms with Crippen LogP contribution < -0.4 is 4.74 Å². The number of nitriles is 1. The molecule has 0 fully saturated rings. The Morgan fingerprint density at radius 3 is 2.80 bits per heavy atom. The Kier molecular flexibility index (Phi) is 3.41. The van der Waals surface area contributed by atoms with Gasteiger partial charge in [0.05, 0.1) is 24.2 Å². The summed E-state index contributed by atoms with van der Waals surface area (Å²) in [6.07, 6.45) is 2.73. The first-order chi connectivity index (χ1) is 7.17. The van der Waals surface area contributed by atoms with Crippen molar-refractivity contribution in [2.24, 2.45) is 0 Å². The molecule has 0 N–H and O–H groups in total. The number of allylic oxidation sites excluding steroid dienone is 1. The quantitative estimate of drug-likeness (QED) is 0.429. The van der Waals surface area contributed by atoms with E-state index in [2.05, 4.69) is 0 Å². The Morgan fingerprint density at radius 2 is 2.27 bits per heavy atom. The van der Waals surface area contributed by atoms with Crippen LogP contribution in [-0.4, -0.2) is 12.0 Å². The second-order valence-corrected chi connectivity index (χ2v) is 2.68. The molecule has 0 aliphatic heterocycles. The van der Waals surface area contributed by atoms with Crippen molar-refractivity contribution in [3.63, 3.8) is 0 Å². The maximum absolute atomic E-state index is 10.6. The Bertz CT molecular complexity index is 446. The lowest BCUT2D eigenvalue weighted by Crippen LogP contribution is -1.91. The summed E-state index contributed by atoms with van der Waals surface area (Å²) in [7, 11) is 1.43. The normalized spacial score (nSPS) is 9.87. The Morgan fingerprint density at radius 1 is 1.53 bits per heavy atom. The molecule has 76 valence electrons. The van der Waals surface area contributed by atoms with Crippen LogP contribution in [0.25, 0.3) is 6.08 Å². The van der Waals surface area contributed by atoms with E-state index in [-0.39, 0.29) is 5.69 Å². The third-order valence-corrected chi connectivity index (χ3v) is 1.71. The average molecular weight is 204 g/mol. The highest BCUT2D eigenvalue weighted by Crippen LogP contribution is 2.23. The number of nitro benzene ring substituents is 1. The summed E-state index contributed by atoms with van der Waals surface area (Å²) in [5.41, 5.74) is 0.495. The van der Waals surface area contributed by atoms with E-state index in [0.29, 0.717) is 11.3 Å². The number of nitro groups is 1. The number of benzene rings is 1. The van der Waals surface area contributed by atoms with Crippen molar-refractivity contribution in [3.05, 3.63) is 40.0 Å². The van der Waals surface area contributed by atoms with Gasteiger partial charge in [-0.1, -0.05) is 0 Å². The van der Waals surface area contributed by atoms with E-state index in [4.69, 9.17) is 10.00 Å². The molecule has 0 aliphatic carbocycles. The van der Waals surface area contributed by atoms with Crippen LogP contribution in [0.2, 0.25) is 0 Å². The number of rotatable bonds is 3. The van der Waals surface area contributed by atoms with Gasteiger partial charge in [-0.05, 0) is 17.7 Å². The number of hydrogen-bond acceptors (Lipinski definition) is 4. The summed E-state index contributed by atoms with van der Waals surface area (Å²) in [5.74, 6) is 0.391. The topological polar surface area (TPSA) is 76.2 Å². The van der Waals surface area contributed by atoms with Gasteiger partial charge < -0.3 is 4.74 Å². The molecule has 1 aromatic rings. The molecule has 0 bridgehead atoms. The lowest BCUT2D eigenvalue weighted by molar-refractivity contribution is -0.384. The lowest BCUT2D eigenvalue weighted by Gasteiger charge is -2.01. The second-order valence-electron chi connectivity index (χ2n) is 2.68. The highest BCUT2D eigenvalue weighted by atomic mass is 16.6. The largest absolute Gasteiger partial charge is 0.496 e. The molecule has 0 radical (unpaired) electrons. The molecule has 15 heavy (non-hydrogen) atoms. The number of hydrogen-bond donors (Lipinski definition) is 0. The van der Waals surface area contributed by atoms with Gasteiger partial charge in [0.1, 0.15) is 5.75 Å². The first kappa shape index (κ1) is 10.7. The molecule has 0 atom stereocenters. The molecule has 0 aromatic heterocycles. The van der Waals surface area contributed by atoms with Gasteiger partial charge in [-0.25, -0.2) is 0 Å². The molecule has 0 amide bonds. The van der Waals surface area contributed by atoms with Gasteiger partial charge in [-0.15, -0.1) is 0 Å². The van der Waals surface area contributed by atoms with Crippen LogP contribution >= 0.6 is 0 Å². The Hall–Kier alpha value is -2.35. The Labute approximate surface area is 86.4 Å². The second kappa shape index (κ2) is 4.77. The highest BCUT2D eigenvalue weighted by Gasteiger charge is 2.08. The molecular formula is C10H8N2O3. The van der Waals surface area contributed by atoms with E-state index in [0.717, 1.165) is 0 Å². The molecule has 5 heteroatoms. The van der Waals surface area contributed by atoms with Crippen LogP contribution in [0.5, 0.6) is 5.75 Å². The monoisotopic (exact) mass is 204 g/mol. The van der Waals surface area contributed by atoms with Gasteiger partial charge in [-0.3, -0.25) is 10.1 Å². The smallest absolute Gasteiger partial charge is 0.273 e. The van der Waals surface area contributed by atoms with Crippen molar-refractivity contribution in [1.82, 2.24) is 0 Å². The van der Waals surface area contributed by atoms with Gasteiger partial charge in [-0.2, -0.15) is 5.26 Å². The van der Waals surface area contributed by atoms with Crippen molar-refractivity contribution in [1.29, 1.82) is 5.26 Å². The van der Waals surface area contributed by atoms with Crippen molar-refractivity contribution in [2.75, 3.05) is 7.11 Å². The predicted molar refractivity (Wildman–Crippen MR) is 54.3 cm³/mol. The minimum Gasteiger partial charge on any atom is -0.496 e. The minimum atomic E-state index is -0.508. The van der Waals surface area contributed by atoms with Crippen LogP contribution in [-0.2, 0) is 0 Å².